The van der Waals surface area contributed by atoms with Crippen molar-refractivity contribution >= 4 is 17.4 Å². The van der Waals surface area contributed by atoms with E-state index in [9.17, 15) is 4.79 Å². The van der Waals surface area contributed by atoms with Crippen LogP contribution in [0.5, 0.6) is 0 Å². The number of pyridine rings is 1. The molecule has 0 aliphatic carbocycles. The van der Waals surface area contributed by atoms with Gasteiger partial charge in [0.15, 0.2) is 0 Å². The highest BCUT2D eigenvalue weighted by molar-refractivity contribution is 5.91. The van der Waals surface area contributed by atoms with Gasteiger partial charge in [0.1, 0.15) is 11.5 Å². The molecule has 0 aliphatic heterocycles. The number of nitrogen functional groups attached to an aromatic ring is 1. The van der Waals surface area contributed by atoms with E-state index in [1.165, 1.54) is 6.07 Å². The average Bonchev–Trinajstić information content (AvgIpc) is 2.38. The van der Waals surface area contributed by atoms with Gasteiger partial charge in [-0.3, -0.25) is 4.79 Å². The van der Waals surface area contributed by atoms with E-state index in [1.807, 2.05) is 30.3 Å². The highest BCUT2D eigenvalue weighted by Crippen LogP contribution is 2.16. The summed E-state index contributed by atoms with van der Waals surface area (Å²) in [5, 5.41) is 3.08. The molecule has 92 valence electrons. The summed E-state index contributed by atoms with van der Waals surface area (Å²) in [5.74, 6) is -0.104. The Labute approximate surface area is 105 Å². The summed E-state index contributed by atoms with van der Waals surface area (Å²) in [6.07, 6.45) is 0. The molecular weight excluding hydrogens is 228 g/mol. The molecule has 1 aromatic heterocycles. The zero-order valence-electron chi connectivity index (χ0n) is 9.76. The van der Waals surface area contributed by atoms with Crippen LogP contribution in [0.4, 0.5) is 11.5 Å². The van der Waals surface area contributed by atoms with Gasteiger partial charge in [0.25, 0.3) is 5.91 Å². The predicted octanol–water partition coefficient (Wildman–Crippen LogP) is 1.37. The zero-order chi connectivity index (χ0) is 13.0. The topological polar surface area (TPSA) is 94.0 Å². The lowest BCUT2D eigenvalue weighted by Gasteiger charge is -2.09. The molecule has 0 saturated heterocycles. The second kappa shape index (κ2) is 5.18. The number of nitrogens with zero attached hydrogens (tertiary/aromatic N) is 1. The van der Waals surface area contributed by atoms with E-state index in [0.717, 1.165) is 5.56 Å². The standard InChI is InChI=1S/C13H14N4O/c14-10-6-7-11(12(15)18)17-13(10)16-8-9-4-2-1-3-5-9/h1-7H,8,14H2,(H2,15,18)(H,16,17). The van der Waals surface area contributed by atoms with Crippen molar-refractivity contribution in [2.24, 2.45) is 5.73 Å². The molecule has 2 aromatic rings. The van der Waals surface area contributed by atoms with Crippen molar-refractivity contribution in [3.8, 4) is 0 Å². The summed E-state index contributed by atoms with van der Waals surface area (Å²) in [4.78, 5) is 15.1. The minimum atomic E-state index is -0.572. The maximum atomic E-state index is 11.0. The fraction of sp³-hybridized carbons (Fsp3) is 0.0769. The van der Waals surface area contributed by atoms with E-state index in [0.29, 0.717) is 18.1 Å². The number of anilines is 2. The highest BCUT2D eigenvalue weighted by atomic mass is 16.1. The Balaban J connectivity index is 2.14. The number of nitrogens with one attached hydrogen (secondary N) is 1. The number of primary amides is 1. The minimum Gasteiger partial charge on any atom is -0.396 e. The van der Waals surface area contributed by atoms with Gasteiger partial charge < -0.3 is 16.8 Å². The van der Waals surface area contributed by atoms with Crippen LogP contribution in [0.1, 0.15) is 16.1 Å². The maximum absolute atomic E-state index is 11.0. The summed E-state index contributed by atoms with van der Waals surface area (Å²) in [5.41, 5.74) is 12.7. The lowest BCUT2D eigenvalue weighted by Crippen LogP contribution is -2.15. The average molecular weight is 242 g/mol. The molecule has 0 unspecified atom stereocenters. The van der Waals surface area contributed by atoms with Crippen LogP contribution in [0.25, 0.3) is 0 Å². The SMILES string of the molecule is NC(=O)c1ccc(N)c(NCc2ccccc2)n1. The lowest BCUT2D eigenvalue weighted by atomic mass is 10.2. The van der Waals surface area contributed by atoms with Crippen molar-refractivity contribution in [2.75, 3.05) is 11.1 Å². The Morgan fingerprint density at radius 3 is 2.56 bits per heavy atom. The molecule has 0 aliphatic rings. The Kier molecular flexibility index (Phi) is 3.43. The number of carbonyl (C=O) groups excluding carboxylic acids is 1. The number of rotatable bonds is 4. The molecule has 0 fully saturated rings. The van der Waals surface area contributed by atoms with E-state index in [-0.39, 0.29) is 5.69 Å². The molecule has 2 rings (SSSR count). The number of amides is 1. The number of nitrogens with two attached hydrogens (primary N) is 2. The highest BCUT2D eigenvalue weighted by Gasteiger charge is 2.06. The molecule has 1 aromatic carbocycles. The van der Waals surface area contributed by atoms with Crippen molar-refractivity contribution < 1.29 is 4.79 Å². The van der Waals surface area contributed by atoms with Gasteiger partial charge in [0, 0.05) is 6.54 Å². The number of aromatic nitrogens is 1. The van der Waals surface area contributed by atoms with Crippen LogP contribution in [0.15, 0.2) is 42.5 Å². The van der Waals surface area contributed by atoms with Gasteiger partial charge in [0.2, 0.25) is 0 Å². The summed E-state index contributed by atoms with van der Waals surface area (Å²) >= 11 is 0. The molecule has 0 atom stereocenters. The van der Waals surface area contributed by atoms with Gasteiger partial charge in [-0.2, -0.15) is 0 Å². The molecule has 5 nitrogen and oxygen atoms in total. The van der Waals surface area contributed by atoms with Crippen LogP contribution in [-0.4, -0.2) is 10.9 Å². The van der Waals surface area contributed by atoms with Gasteiger partial charge in [0.05, 0.1) is 5.69 Å². The summed E-state index contributed by atoms with van der Waals surface area (Å²) in [6.45, 7) is 0.584. The summed E-state index contributed by atoms with van der Waals surface area (Å²) < 4.78 is 0. The van der Waals surface area contributed by atoms with Crippen LogP contribution in [0.2, 0.25) is 0 Å². The molecule has 0 spiro atoms. The molecule has 0 saturated carbocycles. The Bertz CT molecular complexity index is 554. The van der Waals surface area contributed by atoms with Gasteiger partial charge >= 0.3 is 0 Å². The summed E-state index contributed by atoms with van der Waals surface area (Å²) in [6, 6.07) is 12.9. The summed E-state index contributed by atoms with van der Waals surface area (Å²) in [7, 11) is 0. The smallest absolute Gasteiger partial charge is 0.267 e. The van der Waals surface area contributed by atoms with E-state index in [2.05, 4.69) is 10.3 Å². The molecule has 0 bridgehead atoms. The van der Waals surface area contributed by atoms with Crippen LogP contribution < -0.4 is 16.8 Å². The van der Waals surface area contributed by atoms with E-state index in [1.54, 1.807) is 6.07 Å². The van der Waals surface area contributed by atoms with Crippen LogP contribution in [0, 0.1) is 0 Å². The fourth-order valence-corrected chi connectivity index (χ4v) is 1.53. The van der Waals surface area contributed by atoms with Gasteiger partial charge in [-0.25, -0.2) is 4.98 Å². The largest absolute Gasteiger partial charge is 0.396 e. The van der Waals surface area contributed by atoms with Gasteiger partial charge in [-0.05, 0) is 17.7 Å². The van der Waals surface area contributed by atoms with E-state index in [4.69, 9.17) is 11.5 Å². The van der Waals surface area contributed by atoms with E-state index >= 15 is 0 Å². The first-order chi connectivity index (χ1) is 8.66. The molecule has 1 amide bonds. The second-order valence-electron chi connectivity index (χ2n) is 3.84. The third-order valence-corrected chi connectivity index (χ3v) is 2.48. The second-order valence-corrected chi connectivity index (χ2v) is 3.84. The van der Waals surface area contributed by atoms with Gasteiger partial charge in [-0.1, -0.05) is 30.3 Å². The normalized spacial score (nSPS) is 10.0. The van der Waals surface area contributed by atoms with Crippen molar-refractivity contribution in [1.29, 1.82) is 0 Å². The van der Waals surface area contributed by atoms with Crippen molar-refractivity contribution in [3.63, 3.8) is 0 Å². The molecule has 1 heterocycles. The monoisotopic (exact) mass is 242 g/mol. The lowest BCUT2D eigenvalue weighted by molar-refractivity contribution is 0.0996. The quantitative estimate of drug-likeness (QED) is 0.754. The van der Waals surface area contributed by atoms with Gasteiger partial charge in [-0.15, -0.1) is 0 Å². The number of hydrogen-bond acceptors (Lipinski definition) is 4. The Hall–Kier alpha value is -2.56. The fourth-order valence-electron chi connectivity index (χ4n) is 1.53. The van der Waals surface area contributed by atoms with Crippen LogP contribution >= 0.6 is 0 Å². The van der Waals surface area contributed by atoms with Crippen molar-refractivity contribution in [2.45, 2.75) is 6.54 Å². The first-order valence-corrected chi connectivity index (χ1v) is 5.51. The third-order valence-electron chi connectivity index (χ3n) is 2.48. The van der Waals surface area contributed by atoms with Crippen LogP contribution in [-0.2, 0) is 6.54 Å². The minimum absolute atomic E-state index is 0.194. The molecule has 5 heteroatoms. The zero-order valence-corrected chi connectivity index (χ0v) is 9.76. The van der Waals surface area contributed by atoms with E-state index < -0.39 is 5.91 Å². The van der Waals surface area contributed by atoms with Crippen molar-refractivity contribution in [3.05, 3.63) is 53.7 Å². The molecule has 0 radical (unpaired) electrons. The Morgan fingerprint density at radius 2 is 1.89 bits per heavy atom. The molecule has 5 N–H and O–H groups in total. The Morgan fingerprint density at radius 1 is 1.17 bits per heavy atom. The number of benzene rings is 1. The third kappa shape index (κ3) is 2.76. The van der Waals surface area contributed by atoms with Crippen LogP contribution in [0.3, 0.4) is 0 Å². The molecule has 18 heavy (non-hydrogen) atoms. The maximum Gasteiger partial charge on any atom is 0.267 e. The first-order valence-electron chi connectivity index (χ1n) is 5.51. The first kappa shape index (κ1) is 11.9. The molecular formula is C13H14N4O. The van der Waals surface area contributed by atoms with Crippen molar-refractivity contribution in [1.82, 2.24) is 4.98 Å². The number of hydrogen-bond donors (Lipinski definition) is 3. The number of carbonyl (C=O) groups is 1. The predicted molar refractivity (Wildman–Crippen MR) is 70.9 cm³/mol.